The second-order valence-electron chi connectivity index (χ2n) is 6.55. The number of halogens is 1. The van der Waals surface area contributed by atoms with Gasteiger partial charge >= 0.3 is 0 Å². The molecule has 4 heteroatoms. The van der Waals surface area contributed by atoms with Gasteiger partial charge in [0.05, 0.1) is 10.6 Å². The second-order valence-corrected chi connectivity index (χ2v) is 9.10. The van der Waals surface area contributed by atoms with Gasteiger partial charge in [0.2, 0.25) is 0 Å². The lowest BCUT2D eigenvalue weighted by atomic mass is 9.85. The van der Waals surface area contributed by atoms with Gasteiger partial charge in [-0.25, -0.2) is 8.42 Å². The first-order valence-corrected chi connectivity index (χ1v) is 10.5. The lowest BCUT2D eigenvalue weighted by Gasteiger charge is -2.30. The maximum Gasteiger partial charge on any atom is 0.178 e. The Hall–Kier alpha value is -0.350. The van der Waals surface area contributed by atoms with Crippen LogP contribution in [0.2, 0.25) is 0 Å². The predicted octanol–water partition coefficient (Wildman–Crippen LogP) is 4.81. The monoisotopic (exact) mass is 372 g/mol. The van der Waals surface area contributed by atoms with Crippen molar-refractivity contribution < 1.29 is 8.42 Å². The highest BCUT2D eigenvalue weighted by atomic mass is 79.9. The molecule has 0 aliphatic heterocycles. The van der Waals surface area contributed by atoms with Crippen LogP contribution >= 0.6 is 15.9 Å². The fraction of sp³-hybridized carbons (Fsp3) is 0.647. The molecule has 1 aromatic carbocycles. The van der Waals surface area contributed by atoms with Gasteiger partial charge in [-0.3, -0.25) is 0 Å². The molecule has 0 bridgehead atoms. The first-order chi connectivity index (χ1) is 9.88. The Morgan fingerprint density at radius 3 is 2.19 bits per heavy atom. The number of sulfone groups is 1. The van der Waals surface area contributed by atoms with E-state index in [4.69, 9.17) is 0 Å². The van der Waals surface area contributed by atoms with Gasteiger partial charge in [0.1, 0.15) is 0 Å². The molecule has 0 spiro atoms. The topological polar surface area (TPSA) is 34.1 Å². The SMILES string of the molecule is Cc1ccc(S(=O)(=O)CC2(CBr)CCCCCC2)cc1C. The highest BCUT2D eigenvalue weighted by molar-refractivity contribution is 9.09. The van der Waals surface area contributed by atoms with Crippen LogP contribution in [0.3, 0.4) is 0 Å². The van der Waals surface area contributed by atoms with E-state index in [0.29, 0.717) is 4.90 Å². The number of alkyl halides is 1. The summed E-state index contributed by atoms with van der Waals surface area (Å²) in [6.07, 6.45) is 6.80. The van der Waals surface area contributed by atoms with Gasteiger partial charge in [-0.1, -0.05) is 47.7 Å². The third-order valence-electron chi connectivity index (χ3n) is 4.78. The van der Waals surface area contributed by atoms with E-state index in [1.54, 1.807) is 6.07 Å². The van der Waals surface area contributed by atoms with Crippen molar-refractivity contribution in [3.63, 3.8) is 0 Å². The van der Waals surface area contributed by atoms with Crippen molar-refractivity contribution in [2.24, 2.45) is 5.41 Å². The zero-order chi connectivity index (χ0) is 15.5. The fourth-order valence-corrected chi connectivity index (χ4v) is 6.21. The average molecular weight is 373 g/mol. The molecule has 0 atom stereocenters. The summed E-state index contributed by atoms with van der Waals surface area (Å²) < 4.78 is 25.6. The average Bonchev–Trinajstić information content (AvgIpc) is 2.67. The van der Waals surface area contributed by atoms with Crippen molar-refractivity contribution in [1.82, 2.24) is 0 Å². The molecule has 0 radical (unpaired) electrons. The molecule has 0 N–H and O–H groups in total. The van der Waals surface area contributed by atoms with Gasteiger partial charge in [0.25, 0.3) is 0 Å². The second kappa shape index (κ2) is 6.82. The maximum atomic E-state index is 12.8. The molecule has 0 heterocycles. The van der Waals surface area contributed by atoms with E-state index in [2.05, 4.69) is 15.9 Å². The van der Waals surface area contributed by atoms with Crippen LogP contribution in [-0.4, -0.2) is 19.5 Å². The molecule has 0 aromatic heterocycles. The van der Waals surface area contributed by atoms with Crippen molar-refractivity contribution >= 4 is 25.8 Å². The van der Waals surface area contributed by atoms with Crippen LogP contribution in [-0.2, 0) is 9.84 Å². The van der Waals surface area contributed by atoms with E-state index in [1.807, 2.05) is 26.0 Å². The molecular formula is C17H25BrO2S. The predicted molar refractivity (Wildman–Crippen MR) is 91.9 cm³/mol. The first kappa shape index (κ1) is 17.0. The van der Waals surface area contributed by atoms with E-state index >= 15 is 0 Å². The van der Waals surface area contributed by atoms with Crippen LogP contribution in [0.1, 0.15) is 49.7 Å². The highest BCUT2D eigenvalue weighted by Crippen LogP contribution is 2.39. The number of rotatable bonds is 4. The third-order valence-corrected chi connectivity index (χ3v) is 7.94. The van der Waals surface area contributed by atoms with Gasteiger partial charge in [-0.2, -0.15) is 0 Å². The van der Waals surface area contributed by atoms with Crippen molar-refractivity contribution in [2.75, 3.05) is 11.1 Å². The van der Waals surface area contributed by atoms with Crippen molar-refractivity contribution in [1.29, 1.82) is 0 Å². The molecule has 118 valence electrons. The summed E-state index contributed by atoms with van der Waals surface area (Å²) in [4.78, 5) is 0.482. The number of benzene rings is 1. The van der Waals surface area contributed by atoms with Gasteiger partial charge in [-0.05, 0) is 55.4 Å². The molecule has 1 saturated carbocycles. The summed E-state index contributed by atoms with van der Waals surface area (Å²) in [7, 11) is -3.22. The quantitative estimate of drug-likeness (QED) is 0.561. The standard InChI is InChI=1S/C17H25BrO2S/c1-14-7-8-16(11-15(14)2)21(19,20)13-17(12-18)9-5-3-4-6-10-17/h7-8,11H,3-6,9-10,12-13H2,1-2H3. The minimum absolute atomic E-state index is 0.0892. The van der Waals surface area contributed by atoms with E-state index in [-0.39, 0.29) is 11.2 Å². The Balaban J connectivity index is 2.27. The minimum atomic E-state index is -3.22. The number of aryl methyl sites for hydroxylation is 2. The summed E-state index contributed by atoms with van der Waals surface area (Å²) >= 11 is 3.59. The Kier molecular flexibility index (Phi) is 5.53. The molecule has 1 fully saturated rings. The van der Waals surface area contributed by atoms with E-state index < -0.39 is 9.84 Å². The minimum Gasteiger partial charge on any atom is -0.224 e. The molecule has 2 nitrogen and oxygen atoms in total. The molecule has 0 saturated heterocycles. The zero-order valence-corrected chi connectivity index (χ0v) is 15.4. The maximum absolute atomic E-state index is 12.8. The first-order valence-electron chi connectivity index (χ1n) is 7.75. The number of hydrogen-bond donors (Lipinski definition) is 0. The largest absolute Gasteiger partial charge is 0.224 e. The molecule has 0 unspecified atom stereocenters. The molecule has 1 aromatic rings. The molecule has 1 aliphatic carbocycles. The van der Waals surface area contributed by atoms with Crippen LogP contribution < -0.4 is 0 Å². The molecule has 2 rings (SSSR count). The van der Waals surface area contributed by atoms with Crippen LogP contribution in [0.5, 0.6) is 0 Å². The van der Waals surface area contributed by atoms with Crippen molar-refractivity contribution in [3.05, 3.63) is 29.3 Å². The van der Waals surface area contributed by atoms with E-state index in [9.17, 15) is 8.42 Å². The highest BCUT2D eigenvalue weighted by Gasteiger charge is 2.35. The summed E-state index contributed by atoms with van der Waals surface area (Å²) in [6.45, 7) is 3.98. The van der Waals surface area contributed by atoms with Gasteiger partial charge in [0.15, 0.2) is 9.84 Å². The molecule has 1 aliphatic rings. The van der Waals surface area contributed by atoms with Crippen LogP contribution in [0.15, 0.2) is 23.1 Å². The fourth-order valence-electron chi connectivity index (χ4n) is 3.19. The van der Waals surface area contributed by atoms with Gasteiger partial charge in [0, 0.05) is 5.33 Å². The lowest BCUT2D eigenvalue weighted by Crippen LogP contribution is -2.31. The summed E-state index contributed by atoms with van der Waals surface area (Å²) in [6, 6.07) is 5.50. The third kappa shape index (κ3) is 4.10. The van der Waals surface area contributed by atoms with Crippen LogP contribution in [0, 0.1) is 19.3 Å². The lowest BCUT2D eigenvalue weighted by molar-refractivity contribution is 0.327. The smallest absolute Gasteiger partial charge is 0.178 e. The number of hydrogen-bond acceptors (Lipinski definition) is 2. The normalized spacial score (nSPS) is 19.2. The molecular weight excluding hydrogens is 348 g/mol. The van der Waals surface area contributed by atoms with E-state index in [0.717, 1.165) is 42.1 Å². The Bertz CT molecular complexity index is 585. The Morgan fingerprint density at radius 2 is 1.67 bits per heavy atom. The van der Waals surface area contributed by atoms with Crippen LogP contribution in [0.4, 0.5) is 0 Å². The van der Waals surface area contributed by atoms with Crippen molar-refractivity contribution in [2.45, 2.75) is 57.3 Å². The van der Waals surface area contributed by atoms with Gasteiger partial charge in [-0.15, -0.1) is 0 Å². The summed E-state index contributed by atoms with van der Waals surface area (Å²) in [5.74, 6) is 0.272. The zero-order valence-electron chi connectivity index (χ0n) is 13.0. The summed E-state index contributed by atoms with van der Waals surface area (Å²) in [5.41, 5.74) is 2.09. The van der Waals surface area contributed by atoms with Crippen molar-refractivity contribution in [3.8, 4) is 0 Å². The van der Waals surface area contributed by atoms with Gasteiger partial charge < -0.3 is 0 Å². The van der Waals surface area contributed by atoms with E-state index in [1.165, 1.54) is 12.8 Å². The molecule has 0 amide bonds. The summed E-state index contributed by atoms with van der Waals surface area (Å²) in [5, 5.41) is 0.782. The Morgan fingerprint density at radius 1 is 1.05 bits per heavy atom. The van der Waals surface area contributed by atoms with Crippen LogP contribution in [0.25, 0.3) is 0 Å². The molecule has 21 heavy (non-hydrogen) atoms. The Labute approximate surface area is 137 Å².